The van der Waals surface area contributed by atoms with Gasteiger partial charge in [0.2, 0.25) is 11.8 Å². The van der Waals surface area contributed by atoms with Crippen LogP contribution in [0.15, 0.2) is 30.3 Å². The van der Waals surface area contributed by atoms with Gasteiger partial charge in [0.05, 0.1) is 12.6 Å². The predicted octanol–water partition coefficient (Wildman–Crippen LogP) is 0.554. The molecule has 1 aromatic carbocycles. The third-order valence-electron chi connectivity index (χ3n) is 3.05. The van der Waals surface area contributed by atoms with E-state index < -0.39 is 29.6 Å². The van der Waals surface area contributed by atoms with E-state index in [1.165, 1.54) is 0 Å². The Bertz CT molecular complexity index is 625. The van der Waals surface area contributed by atoms with Gasteiger partial charge in [0.25, 0.3) is 0 Å². The third-order valence-corrected chi connectivity index (χ3v) is 3.05. The van der Waals surface area contributed by atoms with Crippen LogP contribution in [0, 0.1) is 0 Å². The Balaban J connectivity index is 2.30. The van der Waals surface area contributed by atoms with E-state index in [2.05, 4.69) is 16.0 Å². The Hall–Kier alpha value is -2.90. The molecular weight excluding hydrogens is 338 g/mol. The smallest absolute Gasteiger partial charge is 0.408 e. The largest absolute Gasteiger partial charge is 0.444 e. The van der Waals surface area contributed by atoms with E-state index in [1.807, 2.05) is 30.3 Å². The molecule has 0 heterocycles. The van der Waals surface area contributed by atoms with Gasteiger partial charge in [-0.3, -0.25) is 9.59 Å². The van der Waals surface area contributed by atoms with Crippen LogP contribution in [0.25, 0.3) is 0 Å². The molecule has 8 heteroatoms. The fraction of sp³-hybridized carbons (Fsp3) is 0.444. The molecule has 0 fully saturated rings. The van der Waals surface area contributed by atoms with Crippen LogP contribution in [0.2, 0.25) is 0 Å². The topological polar surface area (TPSA) is 114 Å². The minimum absolute atomic E-state index is 0.298. The van der Waals surface area contributed by atoms with Crippen molar-refractivity contribution in [3.05, 3.63) is 35.9 Å². The monoisotopic (exact) mass is 363 g/mol. The highest BCUT2D eigenvalue weighted by Gasteiger charge is 2.17. The lowest BCUT2D eigenvalue weighted by atomic mass is 10.1. The first-order chi connectivity index (χ1) is 12.2. The van der Waals surface area contributed by atoms with Gasteiger partial charge in [-0.25, -0.2) is 4.79 Å². The number of nitrogens with one attached hydrogen (secondary N) is 3. The quantitative estimate of drug-likeness (QED) is 0.584. The number of hydrogen-bond acceptors (Lipinski definition) is 5. The van der Waals surface area contributed by atoms with Gasteiger partial charge in [0.15, 0.2) is 0 Å². The van der Waals surface area contributed by atoms with Crippen LogP contribution in [0.5, 0.6) is 0 Å². The molecule has 0 aliphatic heterocycles. The molecule has 26 heavy (non-hydrogen) atoms. The van der Waals surface area contributed by atoms with E-state index in [4.69, 9.17) is 4.74 Å². The van der Waals surface area contributed by atoms with Crippen molar-refractivity contribution in [1.29, 1.82) is 0 Å². The molecule has 0 radical (unpaired) electrons. The van der Waals surface area contributed by atoms with Crippen molar-refractivity contribution in [2.75, 3.05) is 13.1 Å². The Morgan fingerprint density at radius 1 is 1.04 bits per heavy atom. The summed E-state index contributed by atoms with van der Waals surface area (Å²) in [5, 5.41) is 7.18. The van der Waals surface area contributed by atoms with Crippen molar-refractivity contribution in [3.63, 3.8) is 0 Å². The second-order valence-corrected chi connectivity index (χ2v) is 6.63. The molecule has 1 aromatic rings. The number of amides is 3. The lowest BCUT2D eigenvalue weighted by Crippen LogP contribution is -2.46. The highest BCUT2D eigenvalue weighted by molar-refractivity contribution is 5.88. The second-order valence-electron chi connectivity index (χ2n) is 6.63. The Morgan fingerprint density at radius 3 is 2.23 bits per heavy atom. The third kappa shape index (κ3) is 9.41. The number of hydrogen-bond donors (Lipinski definition) is 3. The average molecular weight is 363 g/mol. The molecule has 0 saturated carbocycles. The van der Waals surface area contributed by atoms with Crippen LogP contribution < -0.4 is 16.0 Å². The maximum atomic E-state index is 11.8. The number of aldehydes is 1. The fourth-order valence-electron chi connectivity index (χ4n) is 1.97. The summed E-state index contributed by atoms with van der Waals surface area (Å²) < 4.78 is 4.99. The average Bonchev–Trinajstić information content (AvgIpc) is 2.57. The minimum Gasteiger partial charge on any atom is -0.444 e. The summed E-state index contributed by atoms with van der Waals surface area (Å²) in [5.74, 6) is -1.04. The molecule has 0 bridgehead atoms. The molecule has 3 amide bonds. The van der Waals surface area contributed by atoms with Crippen molar-refractivity contribution in [2.24, 2.45) is 0 Å². The van der Waals surface area contributed by atoms with Gasteiger partial charge in [0.1, 0.15) is 18.4 Å². The van der Waals surface area contributed by atoms with Crippen molar-refractivity contribution >= 4 is 24.2 Å². The number of carbonyl (C=O) groups is 4. The zero-order chi connectivity index (χ0) is 19.6. The maximum Gasteiger partial charge on any atom is 0.408 e. The highest BCUT2D eigenvalue weighted by atomic mass is 16.6. The standard InChI is InChI=1S/C18H25N3O5/c1-18(2,3)26-17(25)20-10-15(23)19-11-16(24)21-14(12-22)9-13-7-5-4-6-8-13/h4-8,12,14H,9-11H2,1-3H3,(H,19,23)(H,20,25)(H,21,24). The summed E-state index contributed by atoms with van der Waals surface area (Å²) in [4.78, 5) is 46.0. The van der Waals surface area contributed by atoms with Crippen LogP contribution in [0.3, 0.4) is 0 Å². The maximum absolute atomic E-state index is 11.8. The highest BCUT2D eigenvalue weighted by Crippen LogP contribution is 2.06. The summed E-state index contributed by atoms with van der Waals surface area (Å²) in [6.07, 6.45) is 0.294. The molecule has 0 saturated heterocycles. The zero-order valence-corrected chi connectivity index (χ0v) is 15.2. The number of rotatable bonds is 8. The lowest BCUT2D eigenvalue weighted by Gasteiger charge is -2.19. The van der Waals surface area contributed by atoms with E-state index >= 15 is 0 Å². The predicted molar refractivity (Wildman–Crippen MR) is 95.4 cm³/mol. The van der Waals surface area contributed by atoms with E-state index in [1.54, 1.807) is 20.8 Å². The number of benzene rings is 1. The molecule has 1 atom stereocenters. The molecule has 3 N–H and O–H groups in total. The van der Waals surface area contributed by atoms with Crippen LogP contribution in [-0.4, -0.2) is 48.9 Å². The summed E-state index contributed by atoms with van der Waals surface area (Å²) in [6.45, 7) is 4.50. The van der Waals surface area contributed by atoms with Gasteiger partial charge in [-0.15, -0.1) is 0 Å². The van der Waals surface area contributed by atoms with E-state index in [-0.39, 0.29) is 13.1 Å². The summed E-state index contributed by atoms with van der Waals surface area (Å²) >= 11 is 0. The molecule has 0 spiro atoms. The number of ether oxygens (including phenoxy) is 1. The molecule has 1 unspecified atom stereocenters. The van der Waals surface area contributed by atoms with Crippen molar-refractivity contribution in [2.45, 2.75) is 38.8 Å². The van der Waals surface area contributed by atoms with E-state index in [9.17, 15) is 19.2 Å². The molecule has 1 rings (SSSR count). The molecule has 0 aliphatic rings. The molecule has 8 nitrogen and oxygen atoms in total. The number of carbonyl (C=O) groups excluding carboxylic acids is 4. The molecule has 142 valence electrons. The Kier molecular flexibility index (Phi) is 8.27. The fourth-order valence-corrected chi connectivity index (χ4v) is 1.97. The SMILES string of the molecule is CC(C)(C)OC(=O)NCC(=O)NCC(=O)NC(C=O)Cc1ccccc1. The Morgan fingerprint density at radius 2 is 1.65 bits per heavy atom. The van der Waals surface area contributed by atoms with E-state index in [0.717, 1.165) is 5.56 Å². The van der Waals surface area contributed by atoms with Gasteiger partial charge < -0.3 is 25.5 Å². The summed E-state index contributed by atoms with van der Waals surface area (Å²) in [6, 6.07) is 8.58. The van der Waals surface area contributed by atoms with Crippen molar-refractivity contribution in [3.8, 4) is 0 Å². The first kappa shape index (κ1) is 21.1. The first-order valence-electron chi connectivity index (χ1n) is 8.22. The van der Waals surface area contributed by atoms with Gasteiger partial charge in [-0.2, -0.15) is 0 Å². The first-order valence-corrected chi connectivity index (χ1v) is 8.22. The summed E-state index contributed by atoms with van der Waals surface area (Å²) in [7, 11) is 0. The van der Waals surface area contributed by atoms with Gasteiger partial charge in [0, 0.05) is 0 Å². The lowest BCUT2D eigenvalue weighted by molar-refractivity contribution is -0.126. The molecule has 0 aliphatic carbocycles. The van der Waals surface area contributed by atoms with Gasteiger partial charge in [-0.05, 0) is 32.8 Å². The van der Waals surface area contributed by atoms with E-state index in [0.29, 0.717) is 12.7 Å². The van der Waals surface area contributed by atoms with Crippen LogP contribution in [-0.2, 0) is 25.5 Å². The van der Waals surface area contributed by atoms with Crippen molar-refractivity contribution in [1.82, 2.24) is 16.0 Å². The van der Waals surface area contributed by atoms with Gasteiger partial charge in [-0.1, -0.05) is 30.3 Å². The molecule has 0 aromatic heterocycles. The van der Waals surface area contributed by atoms with Crippen LogP contribution in [0.4, 0.5) is 4.79 Å². The number of alkyl carbamates (subject to hydrolysis) is 1. The molecular formula is C18H25N3O5. The van der Waals surface area contributed by atoms with Crippen LogP contribution >= 0.6 is 0 Å². The zero-order valence-electron chi connectivity index (χ0n) is 15.2. The Labute approximate surface area is 152 Å². The normalized spacial score (nSPS) is 11.8. The minimum atomic E-state index is -0.721. The second kappa shape index (κ2) is 10.2. The van der Waals surface area contributed by atoms with Gasteiger partial charge >= 0.3 is 6.09 Å². The van der Waals surface area contributed by atoms with Crippen LogP contribution in [0.1, 0.15) is 26.3 Å². The van der Waals surface area contributed by atoms with Crippen molar-refractivity contribution < 1.29 is 23.9 Å². The summed E-state index contributed by atoms with van der Waals surface area (Å²) in [5.41, 5.74) is 0.249.